The molecule has 1 amide bonds. The molecular formula is C11H18F2N2O2. The quantitative estimate of drug-likeness (QED) is 0.757. The van der Waals surface area contributed by atoms with E-state index in [-0.39, 0.29) is 19.0 Å². The van der Waals surface area contributed by atoms with Crippen molar-refractivity contribution in [2.45, 2.75) is 25.4 Å². The number of carbonyl (C=O) groups excluding carboxylic acids is 1. The van der Waals surface area contributed by atoms with E-state index in [2.05, 4.69) is 0 Å². The van der Waals surface area contributed by atoms with Crippen LogP contribution < -0.4 is 0 Å². The zero-order valence-electron chi connectivity index (χ0n) is 9.90. The number of likely N-dealkylation sites (tertiary alicyclic amines) is 2. The predicted octanol–water partition coefficient (Wildman–Crippen LogP) is 0.167. The van der Waals surface area contributed by atoms with Crippen molar-refractivity contribution in [2.24, 2.45) is 5.92 Å². The standard InChI is InChI=1S/C11H18F2N2O2/c1-8-2-3-14(7-11(8,12)13)6-10(17)15-4-9(16)5-15/h8-9,16H,2-7H2,1H3. The molecule has 6 heteroatoms. The summed E-state index contributed by atoms with van der Waals surface area (Å²) in [5, 5.41) is 9.06. The Labute approximate surface area is 99.2 Å². The highest BCUT2D eigenvalue weighted by molar-refractivity contribution is 5.79. The summed E-state index contributed by atoms with van der Waals surface area (Å²) in [5.74, 6) is -3.48. The number of hydrogen-bond acceptors (Lipinski definition) is 3. The molecule has 0 radical (unpaired) electrons. The number of aliphatic hydroxyl groups excluding tert-OH is 1. The molecular weight excluding hydrogens is 230 g/mol. The number of rotatable bonds is 2. The number of β-amino-alcohol motifs (C(OH)–C–C–N with tert-alkyl or cyclic N) is 1. The molecule has 2 aliphatic heterocycles. The lowest BCUT2D eigenvalue weighted by Crippen LogP contribution is -2.57. The lowest BCUT2D eigenvalue weighted by atomic mass is 9.95. The molecule has 1 unspecified atom stereocenters. The average molecular weight is 248 g/mol. The van der Waals surface area contributed by atoms with E-state index in [0.29, 0.717) is 26.1 Å². The van der Waals surface area contributed by atoms with Gasteiger partial charge in [0.2, 0.25) is 5.91 Å². The van der Waals surface area contributed by atoms with E-state index in [0.717, 1.165) is 0 Å². The number of halogens is 2. The molecule has 0 aromatic carbocycles. The van der Waals surface area contributed by atoms with Crippen molar-refractivity contribution < 1.29 is 18.7 Å². The van der Waals surface area contributed by atoms with Crippen molar-refractivity contribution in [3.8, 4) is 0 Å². The fourth-order valence-electron chi connectivity index (χ4n) is 2.21. The molecule has 0 aromatic rings. The molecule has 0 saturated carbocycles. The number of aliphatic hydroxyl groups is 1. The monoisotopic (exact) mass is 248 g/mol. The first-order valence-electron chi connectivity index (χ1n) is 5.94. The van der Waals surface area contributed by atoms with Gasteiger partial charge < -0.3 is 10.0 Å². The van der Waals surface area contributed by atoms with Gasteiger partial charge in [0.15, 0.2) is 0 Å². The zero-order valence-corrected chi connectivity index (χ0v) is 9.90. The van der Waals surface area contributed by atoms with Crippen LogP contribution in [0.15, 0.2) is 0 Å². The molecule has 2 rings (SSSR count). The molecule has 0 spiro atoms. The fourth-order valence-corrected chi connectivity index (χ4v) is 2.21. The van der Waals surface area contributed by atoms with Gasteiger partial charge in [0, 0.05) is 19.0 Å². The van der Waals surface area contributed by atoms with Crippen LogP contribution in [0, 0.1) is 5.92 Å². The van der Waals surface area contributed by atoms with Gasteiger partial charge in [-0.15, -0.1) is 0 Å². The van der Waals surface area contributed by atoms with Gasteiger partial charge in [0.25, 0.3) is 5.92 Å². The van der Waals surface area contributed by atoms with Gasteiger partial charge in [-0.3, -0.25) is 9.69 Å². The molecule has 2 saturated heterocycles. The number of amides is 1. The van der Waals surface area contributed by atoms with Crippen LogP contribution in [0.1, 0.15) is 13.3 Å². The number of piperidine rings is 1. The predicted molar refractivity (Wildman–Crippen MR) is 57.8 cm³/mol. The van der Waals surface area contributed by atoms with Gasteiger partial charge in [-0.2, -0.15) is 0 Å². The minimum atomic E-state index is -2.70. The van der Waals surface area contributed by atoms with Gasteiger partial charge in [-0.05, 0) is 13.0 Å². The SMILES string of the molecule is CC1CCN(CC(=O)N2CC(O)C2)CC1(F)F. The summed E-state index contributed by atoms with van der Waals surface area (Å²) < 4.78 is 26.9. The summed E-state index contributed by atoms with van der Waals surface area (Å²) in [4.78, 5) is 14.7. The Bertz CT molecular complexity index is 306. The van der Waals surface area contributed by atoms with E-state index in [1.165, 1.54) is 9.80 Å². The second-order valence-corrected chi connectivity index (χ2v) is 5.11. The highest BCUT2D eigenvalue weighted by atomic mass is 19.3. The molecule has 98 valence electrons. The van der Waals surface area contributed by atoms with E-state index >= 15 is 0 Å². The highest BCUT2D eigenvalue weighted by Gasteiger charge is 2.42. The highest BCUT2D eigenvalue weighted by Crippen LogP contribution is 2.32. The Hall–Kier alpha value is -0.750. The maximum absolute atomic E-state index is 13.5. The maximum Gasteiger partial charge on any atom is 0.263 e. The topological polar surface area (TPSA) is 43.8 Å². The normalized spacial score (nSPS) is 30.1. The summed E-state index contributed by atoms with van der Waals surface area (Å²) in [6.07, 6.45) is -0.0233. The van der Waals surface area contributed by atoms with Crippen molar-refractivity contribution >= 4 is 5.91 Å². The van der Waals surface area contributed by atoms with Gasteiger partial charge >= 0.3 is 0 Å². The average Bonchev–Trinajstić information content (AvgIpc) is 2.18. The van der Waals surface area contributed by atoms with E-state index in [1.807, 2.05) is 0 Å². The lowest BCUT2D eigenvalue weighted by molar-refractivity contribution is -0.147. The Morgan fingerprint density at radius 1 is 1.47 bits per heavy atom. The number of carbonyl (C=O) groups is 1. The molecule has 0 bridgehead atoms. The third-order valence-electron chi connectivity index (χ3n) is 3.61. The van der Waals surface area contributed by atoms with Crippen LogP contribution in [0.4, 0.5) is 8.78 Å². The molecule has 0 aromatic heterocycles. The smallest absolute Gasteiger partial charge is 0.263 e. The first-order chi connectivity index (χ1) is 7.88. The van der Waals surface area contributed by atoms with Crippen molar-refractivity contribution in [2.75, 3.05) is 32.7 Å². The van der Waals surface area contributed by atoms with E-state index in [4.69, 9.17) is 5.11 Å². The molecule has 17 heavy (non-hydrogen) atoms. The Morgan fingerprint density at radius 3 is 2.65 bits per heavy atom. The summed E-state index contributed by atoms with van der Waals surface area (Å²) in [6.45, 7) is 2.45. The van der Waals surface area contributed by atoms with Crippen LogP contribution in [0.3, 0.4) is 0 Å². The van der Waals surface area contributed by atoms with Crippen molar-refractivity contribution in [3.05, 3.63) is 0 Å². The van der Waals surface area contributed by atoms with Crippen LogP contribution in [0.5, 0.6) is 0 Å². The van der Waals surface area contributed by atoms with E-state index < -0.39 is 17.9 Å². The lowest BCUT2D eigenvalue weighted by Gasteiger charge is -2.40. The van der Waals surface area contributed by atoms with E-state index in [1.54, 1.807) is 6.92 Å². The largest absolute Gasteiger partial charge is 0.389 e. The summed E-state index contributed by atoms with van der Waals surface area (Å²) in [6, 6.07) is 0. The number of alkyl halides is 2. The molecule has 2 heterocycles. The second kappa shape index (κ2) is 4.49. The number of nitrogens with zero attached hydrogens (tertiary/aromatic N) is 2. The van der Waals surface area contributed by atoms with Crippen LogP contribution in [0.2, 0.25) is 0 Å². The number of hydrogen-bond donors (Lipinski definition) is 1. The molecule has 4 nitrogen and oxygen atoms in total. The van der Waals surface area contributed by atoms with Crippen LogP contribution in [0.25, 0.3) is 0 Å². The molecule has 2 aliphatic rings. The van der Waals surface area contributed by atoms with Crippen molar-refractivity contribution in [1.82, 2.24) is 9.80 Å². The third kappa shape index (κ3) is 2.74. The summed E-state index contributed by atoms with van der Waals surface area (Å²) in [7, 11) is 0. The Balaban J connectivity index is 1.82. The first kappa shape index (κ1) is 12.7. The molecule has 0 aliphatic carbocycles. The molecule has 1 atom stereocenters. The summed E-state index contributed by atoms with van der Waals surface area (Å²) >= 11 is 0. The fraction of sp³-hybridized carbons (Fsp3) is 0.909. The van der Waals surface area contributed by atoms with Crippen LogP contribution in [-0.2, 0) is 4.79 Å². The Morgan fingerprint density at radius 2 is 2.12 bits per heavy atom. The third-order valence-corrected chi connectivity index (χ3v) is 3.61. The van der Waals surface area contributed by atoms with Gasteiger partial charge in [-0.1, -0.05) is 6.92 Å². The van der Waals surface area contributed by atoms with E-state index in [9.17, 15) is 13.6 Å². The van der Waals surface area contributed by atoms with Gasteiger partial charge in [0.05, 0.1) is 19.2 Å². The van der Waals surface area contributed by atoms with Gasteiger partial charge in [-0.25, -0.2) is 8.78 Å². The van der Waals surface area contributed by atoms with Crippen molar-refractivity contribution in [1.29, 1.82) is 0 Å². The van der Waals surface area contributed by atoms with Crippen molar-refractivity contribution in [3.63, 3.8) is 0 Å². The van der Waals surface area contributed by atoms with Crippen LogP contribution >= 0.6 is 0 Å². The van der Waals surface area contributed by atoms with Crippen LogP contribution in [-0.4, -0.2) is 65.6 Å². The minimum Gasteiger partial charge on any atom is -0.389 e. The first-order valence-corrected chi connectivity index (χ1v) is 5.94. The molecule has 2 fully saturated rings. The second-order valence-electron chi connectivity index (χ2n) is 5.11. The summed E-state index contributed by atoms with van der Waals surface area (Å²) in [5.41, 5.74) is 0. The zero-order chi connectivity index (χ0) is 12.6. The van der Waals surface area contributed by atoms with Gasteiger partial charge in [0.1, 0.15) is 0 Å². The molecule has 1 N–H and O–H groups in total. The maximum atomic E-state index is 13.5. The minimum absolute atomic E-state index is 0.0367. The Kier molecular flexibility index (Phi) is 3.36.